The van der Waals surface area contributed by atoms with E-state index in [4.69, 9.17) is 4.74 Å². The lowest BCUT2D eigenvalue weighted by molar-refractivity contribution is -0.127. The van der Waals surface area contributed by atoms with Gasteiger partial charge in [-0.25, -0.2) is 13.2 Å². The van der Waals surface area contributed by atoms with Gasteiger partial charge in [-0.15, -0.1) is 0 Å². The SMILES string of the molecule is COc1ccccc1[C@H]1NC(=O)NC(C)=C1C(=O)N1CCS(=O)(=O)CC1. The van der Waals surface area contributed by atoms with Gasteiger partial charge in [0.1, 0.15) is 5.75 Å². The predicted octanol–water partition coefficient (Wildman–Crippen LogP) is 0.580. The van der Waals surface area contributed by atoms with Gasteiger partial charge in [-0.05, 0) is 13.0 Å². The first-order chi connectivity index (χ1) is 12.3. The van der Waals surface area contributed by atoms with Crippen molar-refractivity contribution in [1.29, 1.82) is 0 Å². The monoisotopic (exact) mass is 379 g/mol. The highest BCUT2D eigenvalue weighted by molar-refractivity contribution is 7.91. The van der Waals surface area contributed by atoms with Gasteiger partial charge in [0.2, 0.25) is 0 Å². The van der Waals surface area contributed by atoms with Crippen molar-refractivity contribution in [2.45, 2.75) is 13.0 Å². The van der Waals surface area contributed by atoms with Crippen LogP contribution in [0.25, 0.3) is 0 Å². The highest BCUT2D eigenvalue weighted by Gasteiger charge is 2.36. The second-order valence-electron chi connectivity index (χ2n) is 6.26. The topological polar surface area (TPSA) is 105 Å². The smallest absolute Gasteiger partial charge is 0.319 e. The summed E-state index contributed by atoms with van der Waals surface area (Å²) in [4.78, 5) is 26.6. The molecule has 0 unspecified atom stereocenters. The molecule has 2 N–H and O–H groups in total. The fourth-order valence-electron chi connectivity index (χ4n) is 3.20. The molecular weight excluding hydrogens is 358 g/mol. The van der Waals surface area contributed by atoms with Crippen LogP contribution in [0.4, 0.5) is 4.79 Å². The van der Waals surface area contributed by atoms with Gasteiger partial charge in [0, 0.05) is 24.4 Å². The molecule has 1 atom stereocenters. The molecule has 1 aromatic carbocycles. The number of carbonyl (C=O) groups is 2. The number of ether oxygens (including phenoxy) is 1. The number of rotatable bonds is 3. The quantitative estimate of drug-likeness (QED) is 0.799. The summed E-state index contributed by atoms with van der Waals surface area (Å²) < 4.78 is 28.6. The van der Waals surface area contributed by atoms with Gasteiger partial charge in [0.25, 0.3) is 5.91 Å². The van der Waals surface area contributed by atoms with E-state index >= 15 is 0 Å². The van der Waals surface area contributed by atoms with Gasteiger partial charge in [0.15, 0.2) is 9.84 Å². The van der Waals surface area contributed by atoms with Gasteiger partial charge in [-0.1, -0.05) is 18.2 Å². The Kier molecular flexibility index (Phi) is 4.90. The fourth-order valence-corrected chi connectivity index (χ4v) is 4.40. The Balaban J connectivity index is 1.97. The van der Waals surface area contributed by atoms with Crippen LogP contribution in [0.3, 0.4) is 0 Å². The van der Waals surface area contributed by atoms with Gasteiger partial charge in [0.05, 0.1) is 30.2 Å². The van der Waals surface area contributed by atoms with E-state index in [1.54, 1.807) is 31.2 Å². The van der Waals surface area contributed by atoms with Crippen LogP contribution in [-0.2, 0) is 14.6 Å². The molecule has 3 amide bonds. The molecule has 0 spiro atoms. The number of urea groups is 1. The van der Waals surface area contributed by atoms with E-state index < -0.39 is 21.9 Å². The highest BCUT2D eigenvalue weighted by atomic mass is 32.2. The molecule has 0 aromatic heterocycles. The Hall–Kier alpha value is -2.55. The number of para-hydroxylation sites is 1. The fraction of sp³-hybridized carbons (Fsp3) is 0.412. The summed E-state index contributed by atoms with van der Waals surface area (Å²) >= 11 is 0. The molecule has 2 heterocycles. The third-order valence-corrected chi connectivity index (χ3v) is 6.19. The number of nitrogens with zero attached hydrogens (tertiary/aromatic N) is 1. The maximum Gasteiger partial charge on any atom is 0.319 e. The number of hydrogen-bond acceptors (Lipinski definition) is 5. The van der Waals surface area contributed by atoms with Crippen LogP contribution in [0.15, 0.2) is 35.5 Å². The molecule has 1 aromatic rings. The summed E-state index contributed by atoms with van der Waals surface area (Å²) in [6.45, 7) is 1.95. The molecule has 3 rings (SSSR count). The number of methoxy groups -OCH3 is 1. The Bertz CT molecular complexity index is 864. The average molecular weight is 379 g/mol. The molecule has 8 nitrogen and oxygen atoms in total. The van der Waals surface area contributed by atoms with Crippen LogP contribution in [0.2, 0.25) is 0 Å². The number of carbonyl (C=O) groups excluding carboxylic acids is 2. The second kappa shape index (κ2) is 6.99. The van der Waals surface area contributed by atoms with Crippen LogP contribution in [0, 0.1) is 0 Å². The van der Waals surface area contributed by atoms with E-state index in [9.17, 15) is 18.0 Å². The largest absolute Gasteiger partial charge is 0.496 e. The average Bonchev–Trinajstić information content (AvgIpc) is 2.60. The summed E-state index contributed by atoms with van der Waals surface area (Å²) in [5.74, 6) is 0.161. The molecule has 140 valence electrons. The number of sulfone groups is 1. The van der Waals surface area contributed by atoms with Crippen LogP contribution >= 0.6 is 0 Å². The zero-order valence-corrected chi connectivity index (χ0v) is 15.4. The van der Waals surface area contributed by atoms with Crippen molar-refractivity contribution >= 4 is 21.8 Å². The molecule has 9 heteroatoms. The first-order valence-electron chi connectivity index (χ1n) is 8.23. The Morgan fingerprint density at radius 1 is 1.23 bits per heavy atom. The molecule has 1 fully saturated rings. The molecule has 0 bridgehead atoms. The predicted molar refractivity (Wildman–Crippen MR) is 95.3 cm³/mol. The summed E-state index contributed by atoms with van der Waals surface area (Å²) in [6, 6.07) is 6.07. The molecule has 26 heavy (non-hydrogen) atoms. The number of amides is 3. The van der Waals surface area contributed by atoms with Crippen molar-refractivity contribution in [3.8, 4) is 5.75 Å². The normalized spacial score (nSPS) is 22.5. The maximum atomic E-state index is 13.1. The molecular formula is C17H21N3O5S. The van der Waals surface area contributed by atoms with Gasteiger partial charge in [-0.2, -0.15) is 0 Å². The standard InChI is InChI=1S/C17H21N3O5S/c1-11-14(16(21)20-7-9-26(23,24)10-8-20)15(19-17(22)18-11)12-5-3-4-6-13(12)25-2/h3-6,15H,7-10H2,1-2H3,(H2,18,19,22)/t15-/m1/s1. The molecule has 2 aliphatic heterocycles. The third kappa shape index (κ3) is 3.52. The van der Waals surface area contributed by atoms with Crippen molar-refractivity contribution in [1.82, 2.24) is 15.5 Å². The highest BCUT2D eigenvalue weighted by Crippen LogP contribution is 2.33. The molecule has 0 aliphatic carbocycles. The number of allylic oxidation sites excluding steroid dienone is 1. The molecule has 0 saturated carbocycles. The van der Waals surface area contributed by atoms with Crippen molar-refractivity contribution in [2.24, 2.45) is 0 Å². The zero-order chi connectivity index (χ0) is 18.9. The lowest BCUT2D eigenvalue weighted by Gasteiger charge is -2.34. The third-order valence-electron chi connectivity index (χ3n) is 4.58. The van der Waals surface area contributed by atoms with E-state index in [1.807, 2.05) is 0 Å². The number of benzene rings is 1. The molecule has 0 radical (unpaired) electrons. The van der Waals surface area contributed by atoms with Gasteiger partial charge < -0.3 is 20.3 Å². The van der Waals surface area contributed by atoms with Gasteiger partial charge in [-0.3, -0.25) is 4.79 Å². The molecule has 2 aliphatic rings. The van der Waals surface area contributed by atoms with E-state index in [2.05, 4.69) is 10.6 Å². The van der Waals surface area contributed by atoms with Crippen LogP contribution in [-0.4, -0.2) is 57.0 Å². The Morgan fingerprint density at radius 3 is 2.54 bits per heavy atom. The van der Waals surface area contributed by atoms with Gasteiger partial charge >= 0.3 is 6.03 Å². The van der Waals surface area contributed by atoms with E-state index in [0.717, 1.165) is 0 Å². The first-order valence-corrected chi connectivity index (χ1v) is 10.1. The van der Waals surface area contributed by atoms with E-state index in [-0.39, 0.29) is 30.5 Å². The lowest BCUT2D eigenvalue weighted by Crippen LogP contribution is -2.50. The van der Waals surface area contributed by atoms with Crippen LogP contribution in [0.5, 0.6) is 5.75 Å². The minimum absolute atomic E-state index is 0.0514. The number of hydrogen-bond donors (Lipinski definition) is 2. The van der Waals surface area contributed by atoms with Crippen molar-refractivity contribution in [3.63, 3.8) is 0 Å². The number of nitrogens with one attached hydrogen (secondary N) is 2. The van der Waals surface area contributed by atoms with Crippen molar-refractivity contribution in [3.05, 3.63) is 41.1 Å². The summed E-state index contributed by atoms with van der Waals surface area (Å²) in [7, 11) is -1.57. The first kappa shape index (κ1) is 18.2. The maximum absolute atomic E-state index is 13.1. The van der Waals surface area contributed by atoms with E-state index in [0.29, 0.717) is 22.6 Å². The summed E-state index contributed by atoms with van der Waals surface area (Å²) in [5, 5.41) is 5.40. The Morgan fingerprint density at radius 2 is 1.88 bits per heavy atom. The minimum atomic E-state index is -3.09. The Labute approximate surface area is 152 Å². The molecule has 1 saturated heterocycles. The van der Waals surface area contributed by atoms with Crippen molar-refractivity contribution < 1.29 is 22.7 Å². The van der Waals surface area contributed by atoms with Crippen LogP contribution in [0.1, 0.15) is 18.5 Å². The second-order valence-corrected chi connectivity index (χ2v) is 8.56. The van der Waals surface area contributed by atoms with E-state index in [1.165, 1.54) is 12.0 Å². The minimum Gasteiger partial charge on any atom is -0.496 e. The van der Waals surface area contributed by atoms with Crippen molar-refractivity contribution in [2.75, 3.05) is 31.7 Å². The lowest BCUT2D eigenvalue weighted by atomic mass is 9.93. The zero-order valence-electron chi connectivity index (χ0n) is 14.6. The summed E-state index contributed by atoms with van der Waals surface area (Å²) in [5.41, 5.74) is 1.49. The summed E-state index contributed by atoms with van der Waals surface area (Å²) in [6.07, 6.45) is 0. The van der Waals surface area contributed by atoms with Crippen LogP contribution < -0.4 is 15.4 Å².